The standard InChI is InChI=1S/C39H42N6O2/c1-41-20-22-43(23-21-41)39-36(35-13-7-11-32-10-5-6-12-34(32)35)27-44(37(39)28-46)26-33-24-40-29-45(33)25-31-16-18-42(19-17-31)38(47)15-14-30-8-3-2-4-9-30/h2-15,24,29,31H,16-23,25-27H2,1H3. The van der Waals surface area contributed by atoms with E-state index < -0.39 is 0 Å². The largest absolute Gasteiger partial charge is 0.366 e. The molecule has 0 radical (unpaired) electrons. The Hall–Kier alpha value is -4.91. The highest BCUT2D eigenvalue weighted by Gasteiger charge is 2.35. The fourth-order valence-corrected chi connectivity index (χ4v) is 7.25. The highest BCUT2D eigenvalue weighted by atomic mass is 16.2. The van der Waals surface area contributed by atoms with Crippen LogP contribution in [-0.2, 0) is 22.7 Å². The maximum atomic E-state index is 12.8. The molecule has 1 aromatic heterocycles. The van der Waals surface area contributed by atoms with Gasteiger partial charge in [0.1, 0.15) is 5.70 Å². The van der Waals surface area contributed by atoms with Crippen LogP contribution in [0.4, 0.5) is 0 Å². The number of aromatic nitrogens is 2. The minimum Gasteiger partial charge on any atom is -0.366 e. The van der Waals surface area contributed by atoms with Crippen LogP contribution < -0.4 is 0 Å². The number of benzene rings is 3. The molecule has 0 bridgehead atoms. The Morgan fingerprint density at radius 1 is 0.915 bits per heavy atom. The maximum Gasteiger partial charge on any atom is 0.246 e. The molecule has 0 unspecified atom stereocenters. The fraction of sp³-hybridized carbons (Fsp3) is 0.333. The van der Waals surface area contributed by atoms with Crippen LogP contribution in [0.3, 0.4) is 0 Å². The minimum atomic E-state index is 0.0727. The summed E-state index contributed by atoms with van der Waals surface area (Å²) in [6.07, 6.45) is 9.33. The lowest BCUT2D eigenvalue weighted by Gasteiger charge is -2.35. The Bertz CT molecular complexity index is 1830. The molecule has 240 valence electrons. The molecule has 3 aromatic carbocycles. The van der Waals surface area contributed by atoms with Crippen LogP contribution in [0, 0.1) is 5.92 Å². The number of imidazole rings is 1. The summed E-state index contributed by atoms with van der Waals surface area (Å²) >= 11 is 0. The van der Waals surface area contributed by atoms with Gasteiger partial charge in [-0.05, 0) is 53.8 Å². The second-order valence-corrected chi connectivity index (χ2v) is 13.0. The summed E-state index contributed by atoms with van der Waals surface area (Å²) in [5.41, 5.74) is 6.15. The third-order valence-electron chi connectivity index (χ3n) is 9.96. The number of amides is 1. The number of piperazine rings is 1. The van der Waals surface area contributed by atoms with Gasteiger partial charge in [-0.1, -0.05) is 72.8 Å². The van der Waals surface area contributed by atoms with Gasteiger partial charge >= 0.3 is 0 Å². The number of likely N-dealkylation sites (tertiary alicyclic amines) is 1. The Kier molecular flexibility index (Phi) is 9.05. The molecule has 0 aliphatic carbocycles. The minimum absolute atomic E-state index is 0.0727. The molecule has 8 heteroatoms. The molecule has 8 nitrogen and oxygen atoms in total. The quantitative estimate of drug-likeness (QED) is 0.199. The second-order valence-electron chi connectivity index (χ2n) is 13.0. The summed E-state index contributed by atoms with van der Waals surface area (Å²) in [7, 11) is 2.15. The van der Waals surface area contributed by atoms with Crippen LogP contribution in [0.1, 0.15) is 29.7 Å². The Morgan fingerprint density at radius 2 is 1.66 bits per heavy atom. The van der Waals surface area contributed by atoms with Gasteiger partial charge in [0.15, 0.2) is 5.94 Å². The molecule has 2 saturated heterocycles. The van der Waals surface area contributed by atoms with E-state index in [1.807, 2.05) is 53.8 Å². The van der Waals surface area contributed by atoms with Crippen molar-refractivity contribution in [1.82, 2.24) is 29.2 Å². The number of carbonyl (C=O) groups is 1. The van der Waals surface area contributed by atoms with Gasteiger partial charge in [0.25, 0.3) is 0 Å². The highest BCUT2D eigenvalue weighted by molar-refractivity contribution is 5.97. The second kappa shape index (κ2) is 13.8. The highest BCUT2D eigenvalue weighted by Crippen LogP contribution is 2.39. The molecule has 0 saturated carbocycles. The molecule has 0 spiro atoms. The van der Waals surface area contributed by atoms with Crippen molar-refractivity contribution in [3.05, 3.63) is 120 Å². The lowest BCUT2D eigenvalue weighted by Crippen LogP contribution is -2.44. The third-order valence-corrected chi connectivity index (χ3v) is 9.96. The Balaban J connectivity index is 1.06. The number of hydrogen-bond donors (Lipinski definition) is 0. The molecule has 47 heavy (non-hydrogen) atoms. The van der Waals surface area contributed by atoms with Crippen molar-refractivity contribution < 1.29 is 9.59 Å². The average Bonchev–Trinajstić information content (AvgIpc) is 3.71. The van der Waals surface area contributed by atoms with Gasteiger partial charge in [0.05, 0.1) is 24.3 Å². The number of nitrogens with zero attached hydrogens (tertiary/aromatic N) is 6. The normalized spacial score (nSPS) is 18.1. The van der Waals surface area contributed by atoms with E-state index in [1.165, 1.54) is 21.9 Å². The first-order chi connectivity index (χ1) is 23.1. The van der Waals surface area contributed by atoms with Crippen LogP contribution in [0.2, 0.25) is 0 Å². The molecule has 0 atom stereocenters. The summed E-state index contributed by atoms with van der Waals surface area (Å²) in [5, 5.41) is 2.40. The number of fused-ring (bicyclic) bond motifs is 1. The molecule has 1 amide bonds. The van der Waals surface area contributed by atoms with Gasteiger partial charge in [-0.2, -0.15) is 0 Å². The fourth-order valence-electron chi connectivity index (χ4n) is 7.25. The first-order valence-corrected chi connectivity index (χ1v) is 16.7. The summed E-state index contributed by atoms with van der Waals surface area (Å²) in [4.78, 5) is 39.0. The predicted molar refractivity (Wildman–Crippen MR) is 187 cm³/mol. The zero-order chi connectivity index (χ0) is 32.2. The average molecular weight is 627 g/mol. The van der Waals surface area contributed by atoms with Crippen molar-refractivity contribution in [3.63, 3.8) is 0 Å². The Morgan fingerprint density at radius 3 is 2.45 bits per heavy atom. The molecule has 3 aliphatic heterocycles. The van der Waals surface area contributed by atoms with Crippen LogP contribution in [0.15, 0.2) is 103 Å². The summed E-state index contributed by atoms with van der Waals surface area (Å²) in [5.74, 6) is 2.90. The van der Waals surface area contributed by atoms with E-state index >= 15 is 0 Å². The van der Waals surface area contributed by atoms with E-state index in [1.54, 1.807) is 6.08 Å². The number of rotatable bonds is 8. The smallest absolute Gasteiger partial charge is 0.246 e. The molecule has 0 N–H and O–H groups in total. The van der Waals surface area contributed by atoms with Crippen molar-refractivity contribution in [2.24, 2.45) is 5.92 Å². The molecule has 7 rings (SSSR count). The van der Waals surface area contributed by atoms with Crippen molar-refractivity contribution >= 4 is 34.3 Å². The molecule has 4 heterocycles. The van der Waals surface area contributed by atoms with Crippen LogP contribution >= 0.6 is 0 Å². The van der Waals surface area contributed by atoms with Gasteiger partial charge < -0.3 is 24.2 Å². The molecular formula is C39H42N6O2. The van der Waals surface area contributed by atoms with Gasteiger partial charge in [0.2, 0.25) is 5.91 Å². The first kappa shape index (κ1) is 30.7. The SMILES string of the molecule is CN1CCN(C2=C(c3cccc4ccccc34)CN(Cc3cncn3CC3CCN(C(=O)C=Cc4ccccc4)CC3)C2=C=O)CC1. The van der Waals surface area contributed by atoms with Crippen molar-refractivity contribution in [2.45, 2.75) is 25.9 Å². The summed E-state index contributed by atoms with van der Waals surface area (Å²) in [6.45, 7) is 7.24. The van der Waals surface area contributed by atoms with E-state index in [4.69, 9.17) is 0 Å². The lowest BCUT2D eigenvalue weighted by atomic mass is 9.96. The van der Waals surface area contributed by atoms with E-state index in [-0.39, 0.29) is 5.91 Å². The zero-order valence-electron chi connectivity index (χ0n) is 27.1. The first-order valence-electron chi connectivity index (χ1n) is 16.7. The van der Waals surface area contributed by atoms with Crippen molar-refractivity contribution in [2.75, 3.05) is 52.9 Å². The topological polar surface area (TPSA) is 64.9 Å². The van der Waals surface area contributed by atoms with Gasteiger partial charge in [-0.25, -0.2) is 9.78 Å². The number of carbonyl (C=O) groups excluding carboxylic acids is 2. The molecule has 4 aromatic rings. The van der Waals surface area contributed by atoms with Gasteiger partial charge in [-0.15, -0.1) is 0 Å². The zero-order valence-corrected chi connectivity index (χ0v) is 27.1. The number of piperidine rings is 1. The lowest BCUT2D eigenvalue weighted by molar-refractivity contribution is -0.127. The van der Waals surface area contributed by atoms with E-state index in [0.717, 1.165) is 75.6 Å². The van der Waals surface area contributed by atoms with E-state index in [2.05, 4.69) is 79.7 Å². The Labute approximate surface area is 276 Å². The summed E-state index contributed by atoms with van der Waals surface area (Å²) in [6, 6.07) is 24.9. The van der Waals surface area contributed by atoms with Crippen LogP contribution in [-0.4, -0.2) is 93.9 Å². The number of likely N-dealkylation sites (N-methyl/N-ethyl adjacent to an activating group) is 1. The summed E-state index contributed by atoms with van der Waals surface area (Å²) < 4.78 is 2.24. The van der Waals surface area contributed by atoms with Crippen molar-refractivity contribution in [3.8, 4) is 0 Å². The van der Waals surface area contributed by atoms with Crippen LogP contribution in [0.25, 0.3) is 22.4 Å². The molecule has 3 aliphatic rings. The molecular weight excluding hydrogens is 584 g/mol. The van der Waals surface area contributed by atoms with E-state index in [0.29, 0.717) is 24.7 Å². The monoisotopic (exact) mass is 626 g/mol. The third kappa shape index (κ3) is 6.66. The van der Waals surface area contributed by atoms with Crippen molar-refractivity contribution in [1.29, 1.82) is 0 Å². The van der Waals surface area contributed by atoms with Gasteiger partial charge in [0, 0.05) is 70.2 Å². The maximum absolute atomic E-state index is 12.8. The molecule has 2 fully saturated rings. The number of hydrogen-bond acceptors (Lipinski definition) is 6. The predicted octanol–water partition coefficient (Wildman–Crippen LogP) is 5.18. The van der Waals surface area contributed by atoms with Gasteiger partial charge in [-0.3, -0.25) is 4.79 Å². The van der Waals surface area contributed by atoms with Crippen LogP contribution in [0.5, 0.6) is 0 Å². The van der Waals surface area contributed by atoms with E-state index in [9.17, 15) is 9.59 Å².